The van der Waals surface area contributed by atoms with Crippen molar-refractivity contribution in [1.82, 2.24) is 0 Å². The molecule has 8 aromatic rings. The van der Waals surface area contributed by atoms with Gasteiger partial charge in [0.25, 0.3) is 0 Å². The lowest BCUT2D eigenvalue weighted by molar-refractivity contribution is 1.29. The van der Waals surface area contributed by atoms with E-state index in [0.29, 0.717) is 0 Å². The highest BCUT2D eigenvalue weighted by Gasteiger charge is 2.17. The Morgan fingerprint density at radius 2 is 0.826 bits per heavy atom. The molecule has 2 nitrogen and oxygen atoms in total. The first-order valence-corrected chi connectivity index (χ1v) is 15.5. The van der Waals surface area contributed by atoms with Gasteiger partial charge in [-0.2, -0.15) is 0 Å². The van der Waals surface area contributed by atoms with Gasteiger partial charge in [0.2, 0.25) is 0 Å². The largest absolute Gasteiger partial charge is 0.310 e. The molecule has 0 atom stereocenters. The summed E-state index contributed by atoms with van der Waals surface area (Å²) >= 11 is 0. The van der Waals surface area contributed by atoms with Gasteiger partial charge < -0.3 is 9.80 Å². The van der Waals surface area contributed by atoms with Gasteiger partial charge in [0.1, 0.15) is 0 Å². The maximum Gasteiger partial charge on any atom is 0.0624 e. The summed E-state index contributed by atoms with van der Waals surface area (Å²) in [6, 6.07) is 70.8. The van der Waals surface area contributed by atoms with E-state index in [1.807, 2.05) is 6.07 Å². The van der Waals surface area contributed by atoms with Crippen LogP contribution in [-0.2, 0) is 0 Å². The van der Waals surface area contributed by atoms with Crippen molar-refractivity contribution in [2.24, 2.45) is 0 Å². The molecule has 0 saturated heterocycles. The van der Waals surface area contributed by atoms with Crippen molar-refractivity contribution < 1.29 is 0 Å². The summed E-state index contributed by atoms with van der Waals surface area (Å²) in [4.78, 5) is 4.63. The van der Waals surface area contributed by atoms with E-state index in [9.17, 15) is 0 Å². The second-order valence-corrected chi connectivity index (χ2v) is 11.3. The maximum atomic E-state index is 3.35. The lowest BCUT2D eigenvalue weighted by Gasteiger charge is -2.27. The zero-order valence-electron chi connectivity index (χ0n) is 25.2. The first-order chi connectivity index (χ1) is 22.8. The van der Waals surface area contributed by atoms with Gasteiger partial charge in [-0.25, -0.2) is 0 Å². The molecule has 46 heavy (non-hydrogen) atoms. The van der Waals surface area contributed by atoms with Crippen molar-refractivity contribution in [3.05, 3.63) is 194 Å². The maximum absolute atomic E-state index is 3.35. The molecule has 0 aliphatic heterocycles. The van der Waals surface area contributed by atoms with E-state index >= 15 is 0 Å². The van der Waals surface area contributed by atoms with Gasteiger partial charge >= 0.3 is 0 Å². The molecule has 0 unspecified atom stereocenters. The van der Waals surface area contributed by atoms with Crippen molar-refractivity contribution in [2.45, 2.75) is 0 Å². The summed E-state index contributed by atoms with van der Waals surface area (Å²) in [5.74, 6) is 0. The van der Waals surface area contributed by atoms with Crippen molar-refractivity contribution in [3.8, 4) is 11.1 Å². The Morgan fingerprint density at radius 1 is 0.348 bits per heavy atom. The topological polar surface area (TPSA) is 6.48 Å². The molecule has 0 aliphatic carbocycles. The Hall–Kier alpha value is -6.30. The normalized spacial score (nSPS) is 10.9. The molecular weight excluding hydrogens is 556 g/mol. The number of hydrogen-bond acceptors (Lipinski definition) is 2. The summed E-state index contributed by atoms with van der Waals surface area (Å²) in [5, 5.41) is 4.63. The second-order valence-electron chi connectivity index (χ2n) is 11.3. The van der Waals surface area contributed by atoms with E-state index in [1.165, 1.54) is 16.3 Å². The van der Waals surface area contributed by atoms with Crippen molar-refractivity contribution >= 4 is 55.7 Å². The van der Waals surface area contributed by atoms with Crippen LogP contribution in [0, 0.1) is 12.1 Å². The molecule has 0 aliphatic rings. The highest BCUT2D eigenvalue weighted by molar-refractivity contribution is 5.99. The molecular formula is C44H30N2. The Morgan fingerprint density at radius 3 is 1.46 bits per heavy atom. The van der Waals surface area contributed by atoms with E-state index in [4.69, 9.17) is 0 Å². The molecule has 216 valence electrons. The van der Waals surface area contributed by atoms with Crippen LogP contribution in [0.2, 0.25) is 0 Å². The van der Waals surface area contributed by atoms with Crippen molar-refractivity contribution in [1.29, 1.82) is 0 Å². The Bertz CT molecular complexity index is 2070. The monoisotopic (exact) mass is 586 g/mol. The number of para-hydroxylation sites is 2. The Balaban J connectivity index is 1.16. The smallest absolute Gasteiger partial charge is 0.0624 e. The summed E-state index contributed by atoms with van der Waals surface area (Å²) < 4.78 is 0. The number of benzene rings is 7. The molecule has 0 N–H and O–H groups in total. The fourth-order valence-electron chi connectivity index (χ4n) is 6.28. The standard InChI is InChI=1S/C44H30N2/c1-3-17-37(18-4-1)45(43-23-11-15-35-13-7-9-21-41(35)43)39-29-25-33(26-30-39)34-27-31-40(32-28-34)46(38-19-5-2-6-20-38)44-24-12-16-36-14-8-10-22-42(36)44/h1-9,11-21,23-32H. The van der Waals surface area contributed by atoms with Crippen LogP contribution in [0.4, 0.5) is 34.1 Å². The highest BCUT2D eigenvalue weighted by Crippen LogP contribution is 2.41. The van der Waals surface area contributed by atoms with Gasteiger partial charge in [-0.05, 0) is 94.7 Å². The molecule has 0 amide bonds. The third-order valence-electron chi connectivity index (χ3n) is 8.48. The molecule has 0 bridgehead atoms. The minimum absolute atomic E-state index is 1.04. The minimum atomic E-state index is 1.04. The predicted molar refractivity (Wildman–Crippen MR) is 194 cm³/mol. The van der Waals surface area contributed by atoms with Crippen LogP contribution < -0.4 is 9.80 Å². The van der Waals surface area contributed by atoms with E-state index in [1.54, 1.807) is 0 Å². The van der Waals surface area contributed by atoms with Gasteiger partial charge in [-0.15, -0.1) is 0 Å². The van der Waals surface area contributed by atoms with Crippen LogP contribution in [0.3, 0.4) is 0 Å². The molecule has 0 aromatic heterocycles. The summed E-state index contributed by atoms with van der Waals surface area (Å²) in [6.45, 7) is 0. The van der Waals surface area contributed by atoms with Gasteiger partial charge in [-0.3, -0.25) is 0 Å². The summed E-state index contributed by atoms with van der Waals surface area (Å²) in [7, 11) is 0. The zero-order valence-corrected chi connectivity index (χ0v) is 25.2. The lowest BCUT2D eigenvalue weighted by atomic mass is 10.0. The molecule has 0 heterocycles. The average molecular weight is 587 g/mol. The molecule has 0 radical (unpaired) electrons. The van der Waals surface area contributed by atoms with Crippen LogP contribution in [0.1, 0.15) is 0 Å². The first kappa shape index (κ1) is 27.3. The molecule has 0 spiro atoms. The molecule has 0 saturated carbocycles. The van der Waals surface area contributed by atoms with Gasteiger partial charge in [0.05, 0.1) is 16.8 Å². The van der Waals surface area contributed by atoms with Crippen molar-refractivity contribution in [3.63, 3.8) is 0 Å². The van der Waals surface area contributed by atoms with Crippen LogP contribution in [0.5, 0.6) is 0 Å². The number of rotatable bonds is 7. The van der Waals surface area contributed by atoms with Crippen LogP contribution >= 0.6 is 0 Å². The van der Waals surface area contributed by atoms with E-state index in [0.717, 1.165) is 50.5 Å². The number of anilines is 6. The molecule has 0 fully saturated rings. The van der Waals surface area contributed by atoms with Crippen molar-refractivity contribution in [2.75, 3.05) is 9.80 Å². The van der Waals surface area contributed by atoms with Gasteiger partial charge in [0.15, 0.2) is 0 Å². The fourth-order valence-corrected chi connectivity index (χ4v) is 6.28. The SMILES string of the molecule is c1ccc2cccc(N(c3ccccc3)c3ccc(-c4ccc(N(c5ccccc5)c5cccc6ccccc56)cc4)cc3)c2c#1. The molecule has 8 aromatic carbocycles. The van der Waals surface area contributed by atoms with Crippen LogP contribution in [-0.4, -0.2) is 0 Å². The lowest BCUT2D eigenvalue weighted by Crippen LogP contribution is -2.10. The third kappa shape index (κ3) is 5.11. The number of hydrogen-bond donors (Lipinski definition) is 0. The van der Waals surface area contributed by atoms with Gasteiger partial charge in [-0.1, -0.05) is 121 Å². The number of fused-ring (bicyclic) bond motifs is 2. The zero-order chi connectivity index (χ0) is 30.7. The van der Waals surface area contributed by atoms with Crippen LogP contribution in [0.15, 0.2) is 182 Å². The quantitative estimate of drug-likeness (QED) is 0.183. The Labute approximate surface area is 270 Å². The highest BCUT2D eigenvalue weighted by atomic mass is 15.1. The average Bonchev–Trinajstić information content (AvgIpc) is 3.14. The van der Waals surface area contributed by atoms with Gasteiger partial charge in [0, 0.05) is 28.1 Å². The third-order valence-corrected chi connectivity index (χ3v) is 8.48. The number of nitrogens with zero attached hydrogens (tertiary/aromatic N) is 2. The minimum Gasteiger partial charge on any atom is -0.310 e. The summed E-state index contributed by atoms with van der Waals surface area (Å²) in [5.41, 5.74) is 8.99. The van der Waals surface area contributed by atoms with Crippen LogP contribution in [0.25, 0.3) is 32.7 Å². The molecule has 2 heteroatoms. The van der Waals surface area contributed by atoms with E-state index in [2.05, 4.69) is 198 Å². The summed E-state index contributed by atoms with van der Waals surface area (Å²) in [6.07, 6.45) is 0. The molecule has 8 rings (SSSR count). The first-order valence-electron chi connectivity index (χ1n) is 15.5. The predicted octanol–water partition coefficient (Wildman–Crippen LogP) is 12.2. The second kappa shape index (κ2) is 12.0. The van der Waals surface area contributed by atoms with E-state index < -0.39 is 0 Å². The Kier molecular flexibility index (Phi) is 7.11. The fraction of sp³-hybridized carbons (Fsp3) is 0. The van der Waals surface area contributed by atoms with E-state index in [-0.39, 0.29) is 0 Å².